The fraction of sp³-hybridized carbons (Fsp3) is 0.525. The summed E-state index contributed by atoms with van der Waals surface area (Å²) in [4.78, 5) is 45.4. The molecule has 6 nitrogen and oxygen atoms in total. The van der Waals surface area contributed by atoms with E-state index >= 15 is 14.4 Å². The zero-order chi connectivity index (χ0) is 34.8. The molecule has 3 rings (SSSR count). The molecule has 6 heteroatoms. The third kappa shape index (κ3) is 6.45. The van der Waals surface area contributed by atoms with Crippen molar-refractivity contribution < 1.29 is 29.0 Å². The van der Waals surface area contributed by atoms with Gasteiger partial charge in [-0.25, -0.2) is 0 Å². The van der Waals surface area contributed by atoms with Gasteiger partial charge in [0.15, 0.2) is 28.8 Å². The molecule has 0 amide bonds. The van der Waals surface area contributed by atoms with Crippen molar-refractivity contribution in [2.75, 3.05) is 14.2 Å². The summed E-state index contributed by atoms with van der Waals surface area (Å²) < 4.78 is 10.8. The quantitative estimate of drug-likeness (QED) is 0.0768. The molecule has 250 valence electrons. The van der Waals surface area contributed by atoms with Crippen molar-refractivity contribution in [2.45, 2.75) is 93.9 Å². The number of rotatable bonds is 13. The average Bonchev–Trinajstić information content (AvgIpc) is 2.98. The highest BCUT2D eigenvalue weighted by Gasteiger charge is 2.74. The number of fused-ring (bicyclic) bond motifs is 2. The van der Waals surface area contributed by atoms with Crippen molar-refractivity contribution in [1.82, 2.24) is 0 Å². The first kappa shape index (κ1) is 36.8. The van der Waals surface area contributed by atoms with Crippen molar-refractivity contribution in [3.8, 4) is 11.5 Å². The molecule has 1 aromatic rings. The van der Waals surface area contributed by atoms with Gasteiger partial charge in [-0.3, -0.25) is 14.4 Å². The second-order valence-electron chi connectivity index (χ2n) is 14.6. The molecule has 0 aromatic heterocycles. The highest BCUT2D eigenvalue weighted by Crippen LogP contribution is 2.66. The number of carbonyl (C=O) groups is 3. The number of aliphatic hydroxyl groups excluding tert-OH is 1. The molecule has 1 aromatic carbocycles. The van der Waals surface area contributed by atoms with E-state index in [1.807, 2.05) is 61.5 Å². The first-order valence-corrected chi connectivity index (χ1v) is 16.3. The lowest BCUT2D eigenvalue weighted by atomic mass is 9.38. The van der Waals surface area contributed by atoms with Crippen LogP contribution in [0.4, 0.5) is 0 Å². The summed E-state index contributed by atoms with van der Waals surface area (Å²) in [5.74, 6) is -1.48. The standard InChI is InChI=1S/C40H54O6/c1-24(2)13-15-29(27(7)8)22-39-23-30(17-14-25(3)4)38(9,10)40(37(39)44,20-19-26(5)6)36(43)33(35(39)42)34(41)28-16-18-31(45-11)32(21-28)46-12/h14,16,18-19,21,29-30,41H,1,7,13,15,17,20,22-23H2,2-6,8-12H3/b34-33+/t29-,30+,39+,40-/m0/s1. The summed E-state index contributed by atoms with van der Waals surface area (Å²) in [5, 5.41) is 11.9. The maximum atomic E-state index is 15.3. The topological polar surface area (TPSA) is 89.9 Å². The lowest BCUT2D eigenvalue weighted by Crippen LogP contribution is -2.69. The largest absolute Gasteiger partial charge is 0.506 e. The molecule has 2 saturated carbocycles. The van der Waals surface area contributed by atoms with E-state index in [-0.39, 0.29) is 48.0 Å². The smallest absolute Gasteiger partial charge is 0.184 e. The minimum atomic E-state index is -1.57. The fourth-order valence-electron chi connectivity index (χ4n) is 7.50. The monoisotopic (exact) mass is 630 g/mol. The Kier molecular flexibility index (Phi) is 11.2. The first-order valence-electron chi connectivity index (χ1n) is 16.3. The number of carbonyl (C=O) groups excluding carboxylic acids is 3. The number of hydrogen-bond acceptors (Lipinski definition) is 6. The van der Waals surface area contributed by atoms with E-state index in [2.05, 4.69) is 19.2 Å². The fourth-order valence-corrected chi connectivity index (χ4v) is 7.50. The number of benzene rings is 1. The Hall–Kier alpha value is -3.67. The second-order valence-corrected chi connectivity index (χ2v) is 14.6. The summed E-state index contributed by atoms with van der Waals surface area (Å²) in [6, 6.07) is 4.77. The van der Waals surface area contributed by atoms with Crippen LogP contribution in [-0.4, -0.2) is 36.7 Å². The van der Waals surface area contributed by atoms with E-state index in [0.29, 0.717) is 24.3 Å². The Balaban J connectivity index is 2.46. The molecule has 0 aliphatic heterocycles. The third-order valence-corrected chi connectivity index (χ3v) is 10.5. The predicted molar refractivity (Wildman–Crippen MR) is 186 cm³/mol. The number of hydrogen-bond donors (Lipinski definition) is 1. The molecule has 0 saturated heterocycles. The highest BCUT2D eigenvalue weighted by atomic mass is 16.5. The Morgan fingerprint density at radius 1 is 0.957 bits per heavy atom. The number of Topliss-reactive ketones (excluding diaryl/α,β-unsaturated/α-hetero) is 3. The molecule has 0 spiro atoms. The van der Waals surface area contributed by atoms with Crippen molar-refractivity contribution in [2.24, 2.45) is 28.1 Å². The maximum Gasteiger partial charge on any atom is 0.184 e. The van der Waals surface area contributed by atoms with Crippen LogP contribution < -0.4 is 9.47 Å². The van der Waals surface area contributed by atoms with Gasteiger partial charge in [-0.1, -0.05) is 54.9 Å². The van der Waals surface area contributed by atoms with Gasteiger partial charge in [0.05, 0.1) is 19.6 Å². The van der Waals surface area contributed by atoms with E-state index in [1.165, 1.54) is 14.2 Å². The van der Waals surface area contributed by atoms with Gasteiger partial charge in [0.1, 0.15) is 16.7 Å². The van der Waals surface area contributed by atoms with E-state index in [0.717, 1.165) is 28.7 Å². The van der Waals surface area contributed by atoms with Crippen LogP contribution in [0.15, 0.2) is 71.4 Å². The van der Waals surface area contributed by atoms with Gasteiger partial charge < -0.3 is 14.6 Å². The van der Waals surface area contributed by atoms with Crippen LogP contribution in [-0.2, 0) is 14.4 Å². The summed E-state index contributed by atoms with van der Waals surface area (Å²) in [6.45, 7) is 24.2. The van der Waals surface area contributed by atoms with Crippen LogP contribution >= 0.6 is 0 Å². The SMILES string of the molecule is C=C(C)CC[C@@H](C[C@@]12C[C@@H](CC=C(C)C)C(C)(C)[C@@](CC=C(C)C)(C(=O)/C(=C(/O)c3ccc(OC)c(OC)c3)C1=O)C2=O)C(=C)C. The molecular formula is C40H54O6. The number of methoxy groups -OCH3 is 2. The molecule has 1 N–H and O–H groups in total. The molecule has 0 unspecified atom stereocenters. The molecule has 2 bridgehead atoms. The van der Waals surface area contributed by atoms with Crippen molar-refractivity contribution in [3.05, 3.63) is 76.9 Å². The predicted octanol–water partition coefficient (Wildman–Crippen LogP) is 9.36. The van der Waals surface area contributed by atoms with Crippen molar-refractivity contribution >= 4 is 23.1 Å². The van der Waals surface area contributed by atoms with Crippen molar-refractivity contribution in [1.29, 1.82) is 0 Å². The zero-order valence-corrected chi connectivity index (χ0v) is 29.7. The Morgan fingerprint density at radius 2 is 1.57 bits per heavy atom. The minimum absolute atomic E-state index is 0.143. The van der Waals surface area contributed by atoms with Crippen molar-refractivity contribution in [3.63, 3.8) is 0 Å². The Labute approximate surface area is 276 Å². The van der Waals surface area contributed by atoms with Crippen LogP contribution in [0, 0.1) is 28.1 Å². The van der Waals surface area contributed by atoms with E-state index in [4.69, 9.17) is 9.47 Å². The summed E-state index contributed by atoms with van der Waals surface area (Å²) in [5.41, 5.74) is 0.0195. The molecular weight excluding hydrogens is 576 g/mol. The molecule has 46 heavy (non-hydrogen) atoms. The Bertz CT molecular complexity index is 1510. The average molecular weight is 631 g/mol. The normalized spacial score (nSPS) is 25.3. The molecule has 2 aliphatic carbocycles. The van der Waals surface area contributed by atoms with E-state index in [1.54, 1.807) is 18.2 Å². The van der Waals surface area contributed by atoms with E-state index < -0.39 is 33.6 Å². The molecule has 0 radical (unpaired) electrons. The van der Waals surface area contributed by atoms with Gasteiger partial charge >= 0.3 is 0 Å². The van der Waals surface area contributed by atoms with Crippen LogP contribution in [0.5, 0.6) is 11.5 Å². The van der Waals surface area contributed by atoms with Crippen LogP contribution in [0.1, 0.15) is 99.5 Å². The van der Waals surface area contributed by atoms with Crippen LogP contribution in [0.2, 0.25) is 0 Å². The summed E-state index contributed by atoms with van der Waals surface area (Å²) in [7, 11) is 2.99. The van der Waals surface area contributed by atoms with Gasteiger partial charge in [-0.2, -0.15) is 0 Å². The second kappa shape index (κ2) is 14.0. The first-order chi connectivity index (χ1) is 21.4. The van der Waals surface area contributed by atoms with Gasteiger partial charge in [0.2, 0.25) is 0 Å². The number of ether oxygens (including phenoxy) is 2. The Morgan fingerprint density at radius 3 is 2.09 bits per heavy atom. The van der Waals surface area contributed by atoms with Crippen LogP contribution in [0.3, 0.4) is 0 Å². The van der Waals surface area contributed by atoms with Gasteiger partial charge in [0.25, 0.3) is 0 Å². The molecule has 2 fully saturated rings. The van der Waals surface area contributed by atoms with Gasteiger partial charge in [0, 0.05) is 5.56 Å². The van der Waals surface area contributed by atoms with Gasteiger partial charge in [-0.15, -0.1) is 6.58 Å². The summed E-state index contributed by atoms with van der Waals surface area (Å²) in [6.07, 6.45) is 6.77. The van der Waals surface area contributed by atoms with Crippen LogP contribution in [0.25, 0.3) is 5.76 Å². The molecule has 2 aliphatic rings. The van der Waals surface area contributed by atoms with E-state index in [9.17, 15) is 5.11 Å². The number of aliphatic hydroxyl groups is 1. The lowest BCUT2D eigenvalue weighted by molar-refractivity contribution is -0.177. The lowest BCUT2D eigenvalue weighted by Gasteiger charge is -2.60. The number of ketones is 3. The van der Waals surface area contributed by atoms with Gasteiger partial charge in [-0.05, 0) is 116 Å². The highest BCUT2D eigenvalue weighted by molar-refractivity contribution is 6.41. The minimum Gasteiger partial charge on any atom is -0.506 e. The maximum absolute atomic E-state index is 15.3. The summed E-state index contributed by atoms with van der Waals surface area (Å²) >= 11 is 0. The molecule has 0 heterocycles. The zero-order valence-electron chi connectivity index (χ0n) is 29.7. The third-order valence-electron chi connectivity index (χ3n) is 10.5. The number of allylic oxidation sites excluding steroid dienone is 7. The molecule has 4 atom stereocenters.